The van der Waals surface area contributed by atoms with E-state index in [4.69, 9.17) is 37.9 Å². The fraction of sp³-hybridized carbons (Fsp3) is 0.333. The minimum Gasteiger partial charge on any atom is -0.507 e. The summed E-state index contributed by atoms with van der Waals surface area (Å²) in [7, 11) is 9.80. The normalized spacial score (nSPS) is 12.2. The molecule has 5 rings (SSSR count). The van der Waals surface area contributed by atoms with E-state index in [2.05, 4.69) is 0 Å². The molecular formula is C36H40O16. The summed E-state index contributed by atoms with van der Waals surface area (Å²) in [5, 5.41) is 93.5. The highest BCUT2D eigenvalue weighted by Crippen LogP contribution is 2.58. The number of benzene rings is 4. The molecule has 4 aromatic carbocycles. The molecule has 280 valence electrons. The van der Waals surface area contributed by atoms with Gasteiger partial charge in [-0.15, -0.1) is 0 Å². The second-order valence-electron chi connectivity index (χ2n) is 11.6. The molecule has 16 heteroatoms. The fourth-order valence-electron chi connectivity index (χ4n) is 6.92. The predicted molar refractivity (Wildman–Crippen MR) is 183 cm³/mol. The van der Waals surface area contributed by atoms with Gasteiger partial charge in [-0.1, -0.05) is 0 Å². The van der Waals surface area contributed by atoms with Gasteiger partial charge >= 0.3 is 0 Å². The molecule has 0 fully saturated rings. The van der Waals surface area contributed by atoms with Gasteiger partial charge in [0.25, 0.3) is 0 Å². The minimum atomic E-state index is -0.563. The summed E-state index contributed by atoms with van der Waals surface area (Å²) in [6.45, 7) is 0. The van der Waals surface area contributed by atoms with Crippen LogP contribution in [-0.2, 0) is 25.7 Å². The first-order chi connectivity index (χ1) is 24.8. The van der Waals surface area contributed by atoms with Gasteiger partial charge in [0.1, 0.15) is 23.0 Å². The van der Waals surface area contributed by atoms with Crippen molar-refractivity contribution in [3.8, 4) is 92.0 Å². The lowest BCUT2D eigenvalue weighted by atomic mass is 9.88. The predicted octanol–water partition coefficient (Wildman–Crippen LogP) is 4.08. The van der Waals surface area contributed by atoms with Crippen molar-refractivity contribution in [2.75, 3.05) is 56.9 Å². The van der Waals surface area contributed by atoms with E-state index in [0.717, 1.165) is 0 Å². The number of fused-ring (bicyclic) bond motifs is 8. The van der Waals surface area contributed by atoms with Crippen molar-refractivity contribution in [1.29, 1.82) is 0 Å². The van der Waals surface area contributed by atoms with Crippen molar-refractivity contribution in [3.63, 3.8) is 0 Å². The number of rotatable bonds is 8. The number of phenolic OH excluding ortho intramolecular Hbond substituents is 8. The number of hydrogen-bond donors (Lipinski definition) is 8. The molecule has 52 heavy (non-hydrogen) atoms. The van der Waals surface area contributed by atoms with E-state index in [0.29, 0.717) is 0 Å². The van der Waals surface area contributed by atoms with Crippen molar-refractivity contribution in [2.45, 2.75) is 25.7 Å². The number of phenols is 8. The summed E-state index contributed by atoms with van der Waals surface area (Å²) in [5.41, 5.74) is -0.939. The number of ether oxygens (including phenoxy) is 8. The van der Waals surface area contributed by atoms with E-state index in [9.17, 15) is 40.9 Å². The molecule has 8 bridgehead atoms. The van der Waals surface area contributed by atoms with Crippen LogP contribution in [0.1, 0.15) is 44.5 Å². The summed E-state index contributed by atoms with van der Waals surface area (Å²) in [6.07, 6.45) is -1.87. The maximum Gasteiger partial charge on any atom is 0.201 e. The third-order valence-corrected chi connectivity index (χ3v) is 9.25. The molecule has 0 aliphatic heterocycles. The summed E-state index contributed by atoms with van der Waals surface area (Å²) in [6, 6.07) is 0. The molecule has 0 spiro atoms. The Bertz CT molecular complexity index is 1650. The van der Waals surface area contributed by atoms with Crippen LogP contribution in [0, 0.1) is 0 Å². The lowest BCUT2D eigenvalue weighted by Gasteiger charge is -2.26. The van der Waals surface area contributed by atoms with E-state index >= 15 is 0 Å². The second kappa shape index (κ2) is 14.1. The Kier molecular flexibility index (Phi) is 10.0. The third-order valence-electron chi connectivity index (χ3n) is 9.25. The molecule has 0 heterocycles. The molecule has 1 aliphatic carbocycles. The molecule has 0 saturated heterocycles. The van der Waals surface area contributed by atoms with Gasteiger partial charge in [0.05, 0.1) is 56.9 Å². The lowest BCUT2D eigenvalue weighted by molar-refractivity contribution is 0.319. The monoisotopic (exact) mass is 728 g/mol. The summed E-state index contributed by atoms with van der Waals surface area (Å²) in [4.78, 5) is 0. The Balaban J connectivity index is 2.05. The van der Waals surface area contributed by atoms with Gasteiger partial charge < -0.3 is 78.7 Å². The van der Waals surface area contributed by atoms with E-state index in [1.165, 1.54) is 56.9 Å². The van der Waals surface area contributed by atoms with Crippen LogP contribution in [0.25, 0.3) is 0 Å². The van der Waals surface area contributed by atoms with E-state index in [1.54, 1.807) is 0 Å². The molecule has 0 atom stereocenters. The van der Waals surface area contributed by atoms with Crippen molar-refractivity contribution in [3.05, 3.63) is 44.5 Å². The summed E-state index contributed by atoms with van der Waals surface area (Å²) in [5.74, 6) is -6.48. The number of hydrogen-bond acceptors (Lipinski definition) is 16. The Morgan fingerprint density at radius 1 is 0.231 bits per heavy atom. The van der Waals surface area contributed by atoms with Crippen LogP contribution in [0.5, 0.6) is 92.0 Å². The molecule has 4 aromatic rings. The maximum atomic E-state index is 11.9. The topological polar surface area (TPSA) is 236 Å². The quantitative estimate of drug-likeness (QED) is 0.105. The Labute approximate surface area is 297 Å². The van der Waals surface area contributed by atoms with Gasteiger partial charge in [-0.2, -0.15) is 0 Å². The molecule has 1 aliphatic rings. The average Bonchev–Trinajstić information content (AvgIpc) is 3.12. The molecule has 0 amide bonds. The van der Waals surface area contributed by atoms with Crippen LogP contribution in [0.2, 0.25) is 0 Å². The van der Waals surface area contributed by atoms with E-state index in [-0.39, 0.29) is 90.5 Å². The largest absolute Gasteiger partial charge is 0.507 e. The highest BCUT2D eigenvalue weighted by atomic mass is 16.5. The smallest absolute Gasteiger partial charge is 0.201 e. The van der Waals surface area contributed by atoms with Crippen LogP contribution >= 0.6 is 0 Å². The molecule has 16 nitrogen and oxygen atoms in total. The van der Waals surface area contributed by atoms with E-state index < -0.39 is 71.7 Å². The van der Waals surface area contributed by atoms with Crippen LogP contribution in [0.15, 0.2) is 0 Å². The molecule has 0 aromatic heterocycles. The van der Waals surface area contributed by atoms with Crippen molar-refractivity contribution in [1.82, 2.24) is 0 Å². The highest BCUT2D eigenvalue weighted by molar-refractivity contribution is 5.76. The van der Waals surface area contributed by atoms with Crippen LogP contribution < -0.4 is 37.9 Å². The van der Waals surface area contributed by atoms with Crippen LogP contribution in [-0.4, -0.2) is 97.7 Å². The van der Waals surface area contributed by atoms with Crippen molar-refractivity contribution >= 4 is 0 Å². The Morgan fingerprint density at radius 2 is 0.346 bits per heavy atom. The molecule has 0 unspecified atom stereocenters. The van der Waals surface area contributed by atoms with Gasteiger partial charge in [0.2, 0.25) is 23.0 Å². The molecule has 0 saturated carbocycles. The first kappa shape index (κ1) is 36.9. The van der Waals surface area contributed by atoms with Crippen molar-refractivity contribution in [2.24, 2.45) is 0 Å². The van der Waals surface area contributed by atoms with Gasteiger partial charge in [0.15, 0.2) is 46.0 Å². The van der Waals surface area contributed by atoms with Crippen LogP contribution in [0.3, 0.4) is 0 Å². The van der Waals surface area contributed by atoms with Crippen molar-refractivity contribution < 1.29 is 78.7 Å². The third kappa shape index (κ3) is 5.37. The molecule has 8 N–H and O–H groups in total. The van der Waals surface area contributed by atoms with Crippen LogP contribution in [0.4, 0.5) is 0 Å². The minimum absolute atomic E-state index is 0.117. The SMILES string of the molecule is COc1c(O)c(OC)c2c(O)c1Cc1c(O)c(c(OC)c(O)c1OC)Cc1c(O)c(c(OC)c(O)c1OC)Cc1c(O)c(c(OC)c(O)c1OC)C2. The average molecular weight is 729 g/mol. The zero-order valence-corrected chi connectivity index (χ0v) is 29.7. The first-order valence-electron chi connectivity index (χ1n) is 15.5. The van der Waals surface area contributed by atoms with Gasteiger partial charge in [0, 0.05) is 70.2 Å². The highest BCUT2D eigenvalue weighted by Gasteiger charge is 2.36. The summed E-state index contributed by atoms with van der Waals surface area (Å²) < 4.78 is 44.0. The standard InChI is InChI=1S/C36H40O16/c1-45-29-13-9-14-22(38)17(33(49-5)26(42)31(14)47-3)11-18-24(40)20(36(52-8)28(44)34(18)50-6)12-19-23(39)16(32(48-4)27(43)35(19)51-7)10-15(21(13)37)30(46-2)25(29)41/h37-44H,9-12H2,1-8H3. The second-order valence-corrected chi connectivity index (χ2v) is 11.6. The fourth-order valence-corrected chi connectivity index (χ4v) is 6.92. The zero-order valence-electron chi connectivity index (χ0n) is 29.7. The lowest BCUT2D eigenvalue weighted by Crippen LogP contribution is -2.09. The Morgan fingerprint density at radius 3 is 0.442 bits per heavy atom. The van der Waals surface area contributed by atoms with Gasteiger partial charge in [-0.05, 0) is 0 Å². The molecule has 0 radical (unpaired) electrons. The van der Waals surface area contributed by atoms with Gasteiger partial charge in [-0.25, -0.2) is 0 Å². The van der Waals surface area contributed by atoms with E-state index in [1.807, 2.05) is 0 Å². The Hall–Kier alpha value is -6.32. The number of methoxy groups -OCH3 is 8. The first-order valence-corrected chi connectivity index (χ1v) is 15.5. The summed E-state index contributed by atoms with van der Waals surface area (Å²) >= 11 is 0. The maximum absolute atomic E-state index is 11.9. The number of aromatic hydroxyl groups is 8. The molecular weight excluding hydrogens is 688 g/mol. The van der Waals surface area contributed by atoms with Gasteiger partial charge in [-0.3, -0.25) is 0 Å². The zero-order chi connectivity index (χ0) is 38.3.